The van der Waals surface area contributed by atoms with Gasteiger partial charge in [-0.3, -0.25) is 4.79 Å². The van der Waals surface area contributed by atoms with E-state index in [0.717, 1.165) is 18.2 Å². The fraction of sp³-hybridized carbons (Fsp3) is 0.333. The molecule has 0 atom stereocenters. The highest BCUT2D eigenvalue weighted by Crippen LogP contribution is 2.34. The number of hydrogen-bond donors (Lipinski definition) is 1. The third kappa shape index (κ3) is 5.89. The molecule has 0 bridgehead atoms. The second-order valence-corrected chi connectivity index (χ2v) is 9.10. The minimum Gasteiger partial charge on any atom is -0.452 e. The zero-order chi connectivity index (χ0) is 24.2. The number of morpholine rings is 1. The molecule has 2 aromatic carbocycles. The van der Waals surface area contributed by atoms with E-state index in [-0.39, 0.29) is 36.8 Å². The van der Waals surface area contributed by atoms with Gasteiger partial charge < -0.3 is 14.8 Å². The zero-order valence-electron chi connectivity index (χ0n) is 17.5. The maximum Gasteiger partial charge on any atom is 0.418 e. The number of nitrogens with one attached hydrogen (secondary N) is 1. The minimum absolute atomic E-state index is 0.0761. The number of anilines is 1. The van der Waals surface area contributed by atoms with Crippen LogP contribution in [0.4, 0.5) is 18.9 Å². The van der Waals surface area contributed by atoms with E-state index in [2.05, 4.69) is 5.32 Å². The van der Waals surface area contributed by atoms with Gasteiger partial charge in [-0.1, -0.05) is 18.2 Å². The van der Waals surface area contributed by atoms with Crippen molar-refractivity contribution in [2.75, 3.05) is 38.2 Å². The van der Waals surface area contributed by atoms with Gasteiger partial charge in [0.2, 0.25) is 10.0 Å². The molecule has 1 aliphatic heterocycles. The van der Waals surface area contributed by atoms with Crippen molar-refractivity contribution in [3.63, 3.8) is 0 Å². The average molecular weight is 486 g/mol. The molecule has 12 heteroatoms. The van der Waals surface area contributed by atoms with Crippen LogP contribution in [0.1, 0.15) is 21.5 Å². The number of rotatable bonds is 6. The lowest BCUT2D eigenvalue weighted by Gasteiger charge is -2.26. The molecule has 1 amide bonds. The third-order valence-corrected chi connectivity index (χ3v) is 6.77. The maximum atomic E-state index is 13.1. The summed E-state index contributed by atoms with van der Waals surface area (Å²) in [6.45, 7) is 1.57. The molecular weight excluding hydrogens is 465 g/mol. The molecule has 1 fully saturated rings. The van der Waals surface area contributed by atoms with Crippen molar-refractivity contribution in [1.82, 2.24) is 4.31 Å². The van der Waals surface area contributed by atoms with E-state index in [1.807, 2.05) is 0 Å². The van der Waals surface area contributed by atoms with E-state index in [4.69, 9.17) is 9.47 Å². The van der Waals surface area contributed by atoms with Gasteiger partial charge in [-0.25, -0.2) is 13.2 Å². The highest BCUT2D eigenvalue weighted by atomic mass is 32.2. The van der Waals surface area contributed by atoms with Crippen molar-refractivity contribution in [1.29, 1.82) is 0 Å². The Labute approximate surface area is 188 Å². The van der Waals surface area contributed by atoms with Gasteiger partial charge >= 0.3 is 12.1 Å². The van der Waals surface area contributed by atoms with Gasteiger partial charge in [-0.2, -0.15) is 17.5 Å². The second kappa shape index (κ2) is 9.89. The number of hydrogen-bond acceptors (Lipinski definition) is 6. The number of carbonyl (C=O) groups is 2. The molecule has 0 aliphatic carbocycles. The molecule has 33 heavy (non-hydrogen) atoms. The van der Waals surface area contributed by atoms with E-state index in [1.54, 1.807) is 6.92 Å². The molecule has 0 unspecified atom stereocenters. The average Bonchev–Trinajstić information content (AvgIpc) is 2.78. The molecule has 8 nitrogen and oxygen atoms in total. The molecule has 1 N–H and O–H groups in total. The number of alkyl halides is 3. The number of halogens is 3. The summed E-state index contributed by atoms with van der Waals surface area (Å²) in [6, 6.07) is 8.33. The summed E-state index contributed by atoms with van der Waals surface area (Å²) in [5.74, 6) is -1.96. The first-order chi connectivity index (χ1) is 15.5. The number of benzene rings is 2. The summed E-state index contributed by atoms with van der Waals surface area (Å²) in [6.07, 6.45) is -4.68. The normalized spacial score (nSPS) is 15.2. The molecule has 2 aromatic rings. The molecule has 0 spiro atoms. The first-order valence-electron chi connectivity index (χ1n) is 9.82. The summed E-state index contributed by atoms with van der Waals surface area (Å²) >= 11 is 0. The molecule has 178 valence electrons. The number of carbonyl (C=O) groups excluding carboxylic acids is 2. The fourth-order valence-electron chi connectivity index (χ4n) is 3.15. The second-order valence-electron chi connectivity index (χ2n) is 7.16. The van der Waals surface area contributed by atoms with Gasteiger partial charge in [0, 0.05) is 13.1 Å². The van der Waals surface area contributed by atoms with Crippen LogP contribution in [0.25, 0.3) is 0 Å². The summed E-state index contributed by atoms with van der Waals surface area (Å²) in [7, 11) is -3.87. The lowest BCUT2D eigenvalue weighted by molar-refractivity contribution is -0.137. The standard InChI is InChI=1S/C21H21F3N2O6S/c1-14-6-7-15(33(29,30)26-8-10-31-11-9-26)12-16(14)20(28)32-13-19(27)25-18-5-3-2-4-17(18)21(22,23)24/h2-7,12H,8-11,13H2,1H3,(H,25,27). The summed E-state index contributed by atoms with van der Waals surface area (Å²) < 4.78 is 76.1. The first-order valence-corrected chi connectivity index (χ1v) is 11.3. The predicted octanol–water partition coefficient (Wildman–Crippen LogP) is 2.83. The van der Waals surface area contributed by atoms with Crippen LogP contribution in [0.3, 0.4) is 0 Å². The Hall–Kier alpha value is -2.96. The van der Waals surface area contributed by atoms with E-state index in [0.29, 0.717) is 5.56 Å². The number of aryl methyl sites for hydroxylation is 1. The molecule has 3 rings (SSSR count). The van der Waals surface area contributed by atoms with E-state index < -0.39 is 45.9 Å². The van der Waals surface area contributed by atoms with Crippen LogP contribution in [0.5, 0.6) is 0 Å². The van der Waals surface area contributed by atoms with Crippen molar-refractivity contribution in [3.05, 3.63) is 59.2 Å². The number of esters is 1. The summed E-state index contributed by atoms with van der Waals surface area (Å²) in [5, 5.41) is 2.07. The highest BCUT2D eigenvalue weighted by Gasteiger charge is 2.33. The number of para-hydroxylation sites is 1. The molecule has 1 aliphatic rings. The number of amides is 1. The van der Waals surface area contributed by atoms with Crippen LogP contribution in [-0.4, -0.2) is 57.5 Å². The van der Waals surface area contributed by atoms with Crippen molar-refractivity contribution in [3.8, 4) is 0 Å². The van der Waals surface area contributed by atoms with Crippen molar-refractivity contribution in [2.45, 2.75) is 18.0 Å². The van der Waals surface area contributed by atoms with Crippen LogP contribution < -0.4 is 5.32 Å². The topological polar surface area (TPSA) is 102 Å². The number of sulfonamides is 1. The first kappa shape index (κ1) is 24.7. The van der Waals surface area contributed by atoms with Crippen LogP contribution in [0, 0.1) is 6.92 Å². The quantitative estimate of drug-likeness (QED) is 0.630. The molecule has 0 saturated carbocycles. The lowest BCUT2D eigenvalue weighted by Crippen LogP contribution is -2.40. The van der Waals surface area contributed by atoms with E-state index >= 15 is 0 Å². The molecule has 0 aromatic heterocycles. The predicted molar refractivity (Wildman–Crippen MR) is 111 cm³/mol. The summed E-state index contributed by atoms with van der Waals surface area (Å²) in [5.41, 5.74) is -1.18. The van der Waals surface area contributed by atoms with Gasteiger partial charge in [0.05, 0.1) is 34.9 Å². The SMILES string of the molecule is Cc1ccc(S(=O)(=O)N2CCOCC2)cc1C(=O)OCC(=O)Nc1ccccc1C(F)(F)F. The Morgan fingerprint density at radius 3 is 2.45 bits per heavy atom. The van der Waals surface area contributed by atoms with Gasteiger partial charge in [-0.05, 0) is 36.8 Å². The number of nitrogens with zero attached hydrogens (tertiary/aromatic N) is 1. The molecule has 1 saturated heterocycles. The lowest BCUT2D eigenvalue weighted by atomic mass is 10.1. The maximum absolute atomic E-state index is 13.1. The Bertz CT molecular complexity index is 1140. The highest BCUT2D eigenvalue weighted by molar-refractivity contribution is 7.89. The van der Waals surface area contributed by atoms with E-state index in [9.17, 15) is 31.2 Å². The fourth-order valence-corrected chi connectivity index (χ4v) is 4.59. The Balaban J connectivity index is 1.70. The van der Waals surface area contributed by atoms with Crippen molar-refractivity contribution < 1.29 is 40.7 Å². The van der Waals surface area contributed by atoms with Gasteiger partial charge in [-0.15, -0.1) is 0 Å². The Morgan fingerprint density at radius 1 is 1.12 bits per heavy atom. The van der Waals surface area contributed by atoms with Crippen LogP contribution >= 0.6 is 0 Å². The summed E-state index contributed by atoms with van der Waals surface area (Å²) in [4.78, 5) is 24.4. The van der Waals surface area contributed by atoms with Crippen LogP contribution in [0.2, 0.25) is 0 Å². The minimum atomic E-state index is -4.68. The molecule has 0 radical (unpaired) electrons. The Morgan fingerprint density at radius 2 is 1.79 bits per heavy atom. The molecular formula is C21H21F3N2O6S. The van der Waals surface area contributed by atoms with Crippen LogP contribution in [-0.2, 0) is 30.5 Å². The van der Waals surface area contributed by atoms with Gasteiger partial charge in [0.1, 0.15) is 0 Å². The third-order valence-electron chi connectivity index (χ3n) is 4.88. The zero-order valence-corrected chi connectivity index (χ0v) is 18.3. The number of ether oxygens (including phenoxy) is 2. The van der Waals surface area contributed by atoms with E-state index in [1.165, 1.54) is 28.6 Å². The van der Waals surface area contributed by atoms with Crippen LogP contribution in [0.15, 0.2) is 47.4 Å². The monoisotopic (exact) mass is 486 g/mol. The van der Waals surface area contributed by atoms with Crippen molar-refractivity contribution >= 4 is 27.6 Å². The van der Waals surface area contributed by atoms with Gasteiger partial charge in [0.15, 0.2) is 6.61 Å². The Kier molecular flexibility index (Phi) is 7.40. The smallest absolute Gasteiger partial charge is 0.418 e. The van der Waals surface area contributed by atoms with Gasteiger partial charge in [0.25, 0.3) is 5.91 Å². The largest absolute Gasteiger partial charge is 0.452 e. The van der Waals surface area contributed by atoms with Crippen molar-refractivity contribution in [2.24, 2.45) is 0 Å². The molecule has 1 heterocycles.